The van der Waals surface area contributed by atoms with E-state index in [-0.39, 0.29) is 32.5 Å². The Morgan fingerprint density at radius 1 is 0.298 bits per heavy atom. The monoisotopic (exact) mass is 775 g/mol. The van der Waals surface area contributed by atoms with Gasteiger partial charge in [0.1, 0.15) is 17.2 Å². The van der Waals surface area contributed by atoms with Crippen LogP contribution in [0.3, 0.4) is 0 Å². The highest BCUT2D eigenvalue weighted by molar-refractivity contribution is 5.59. The van der Waals surface area contributed by atoms with Crippen molar-refractivity contribution in [3.63, 3.8) is 0 Å². The Morgan fingerprint density at radius 3 is 0.684 bits per heavy atom. The molecule has 3 N–H and O–H groups in total. The fourth-order valence-electron chi connectivity index (χ4n) is 8.54. The molecule has 0 unspecified atom stereocenters. The van der Waals surface area contributed by atoms with Crippen LogP contribution >= 0.6 is 0 Å². The van der Waals surface area contributed by atoms with Gasteiger partial charge in [-0.15, -0.1) is 0 Å². The first kappa shape index (κ1) is 46.0. The van der Waals surface area contributed by atoms with E-state index in [0.717, 1.165) is 52.6 Å². The molecule has 0 spiro atoms. The van der Waals surface area contributed by atoms with Crippen LogP contribution < -0.4 is 0 Å². The van der Waals surface area contributed by atoms with Gasteiger partial charge in [-0.3, -0.25) is 0 Å². The van der Waals surface area contributed by atoms with Crippen LogP contribution in [0.15, 0.2) is 36.4 Å². The second-order valence-electron chi connectivity index (χ2n) is 23.5. The zero-order chi connectivity index (χ0) is 43.8. The standard InChI is InChI=1S/C54H78O3/c1-31-32(2)38(23-35-27-42(51(10,11)12)47(56)43(28-35)52(13,14)15)39(24-36-29-44(53(16,17)18)48(57)45(30-36)54(19,20)21)33(3)37(31)22-34-25-40(49(4,5)6)46(55)41(26-34)50(7,8)9/h25-30,55-57H,22-24H2,1-21H3. The van der Waals surface area contributed by atoms with E-state index < -0.39 is 0 Å². The number of benzene rings is 4. The highest BCUT2D eigenvalue weighted by Crippen LogP contribution is 2.45. The quantitative estimate of drug-likeness (QED) is 0.183. The van der Waals surface area contributed by atoms with Crippen molar-refractivity contribution in [2.45, 2.75) is 197 Å². The van der Waals surface area contributed by atoms with E-state index in [1.165, 1.54) is 50.1 Å². The summed E-state index contributed by atoms with van der Waals surface area (Å²) in [6, 6.07) is 13.4. The lowest BCUT2D eigenvalue weighted by molar-refractivity contribution is 0.422. The molecule has 0 atom stereocenters. The molecule has 0 fully saturated rings. The Hall–Kier alpha value is -3.72. The van der Waals surface area contributed by atoms with Crippen LogP contribution in [0.5, 0.6) is 17.2 Å². The second kappa shape index (κ2) is 15.1. The summed E-state index contributed by atoms with van der Waals surface area (Å²) in [7, 11) is 0. The maximum absolute atomic E-state index is 11.7. The normalized spacial score (nSPS) is 13.4. The molecule has 4 aromatic carbocycles. The largest absolute Gasteiger partial charge is 0.507 e. The zero-order valence-corrected chi connectivity index (χ0v) is 39.9. The van der Waals surface area contributed by atoms with Crippen LogP contribution in [0.25, 0.3) is 0 Å². The van der Waals surface area contributed by atoms with Crippen LogP contribution in [-0.2, 0) is 51.8 Å². The maximum atomic E-state index is 11.7. The van der Waals surface area contributed by atoms with E-state index in [1.807, 2.05) is 0 Å². The zero-order valence-electron chi connectivity index (χ0n) is 39.9. The second-order valence-corrected chi connectivity index (χ2v) is 23.5. The molecule has 0 bridgehead atoms. The number of phenols is 3. The first-order valence-corrected chi connectivity index (χ1v) is 21.3. The molecule has 0 aliphatic rings. The molecule has 0 amide bonds. The number of phenolic OH excluding ortho intramolecular Hbond substituents is 3. The molecule has 0 heterocycles. The molecule has 4 rings (SSSR count). The third kappa shape index (κ3) is 9.77. The summed E-state index contributed by atoms with van der Waals surface area (Å²) in [4.78, 5) is 0. The Morgan fingerprint density at radius 2 is 0.474 bits per heavy atom. The minimum absolute atomic E-state index is 0.217. The molecule has 312 valence electrons. The van der Waals surface area contributed by atoms with Crippen LogP contribution in [0.4, 0.5) is 0 Å². The van der Waals surface area contributed by atoms with E-state index >= 15 is 0 Å². The van der Waals surface area contributed by atoms with Gasteiger partial charge >= 0.3 is 0 Å². The van der Waals surface area contributed by atoms with Gasteiger partial charge < -0.3 is 15.3 Å². The predicted octanol–water partition coefficient (Wildman–Crippen LogP) is 14.3. The minimum Gasteiger partial charge on any atom is -0.507 e. The van der Waals surface area contributed by atoms with Gasteiger partial charge in [-0.25, -0.2) is 0 Å². The Bertz CT molecular complexity index is 2050. The van der Waals surface area contributed by atoms with Gasteiger partial charge in [-0.05, 0) is 156 Å². The summed E-state index contributed by atoms with van der Waals surface area (Å²) >= 11 is 0. The van der Waals surface area contributed by atoms with Gasteiger partial charge in [0.2, 0.25) is 0 Å². The maximum Gasteiger partial charge on any atom is 0.123 e. The van der Waals surface area contributed by atoms with E-state index in [4.69, 9.17) is 0 Å². The smallest absolute Gasteiger partial charge is 0.123 e. The third-order valence-corrected chi connectivity index (χ3v) is 12.2. The highest BCUT2D eigenvalue weighted by Gasteiger charge is 2.31. The van der Waals surface area contributed by atoms with Crippen molar-refractivity contribution in [2.24, 2.45) is 0 Å². The van der Waals surface area contributed by atoms with Crippen molar-refractivity contribution < 1.29 is 15.3 Å². The Labute approximate surface area is 348 Å². The van der Waals surface area contributed by atoms with Crippen LogP contribution in [0.2, 0.25) is 0 Å². The van der Waals surface area contributed by atoms with Crippen molar-refractivity contribution in [1.82, 2.24) is 0 Å². The summed E-state index contributed by atoms with van der Waals surface area (Å²) in [6.45, 7) is 46.2. The summed E-state index contributed by atoms with van der Waals surface area (Å²) in [6.07, 6.45) is 2.23. The Kier molecular flexibility index (Phi) is 12.2. The average molecular weight is 775 g/mol. The number of hydrogen-bond donors (Lipinski definition) is 3. The average Bonchev–Trinajstić information content (AvgIpc) is 3.02. The molecule has 57 heavy (non-hydrogen) atoms. The van der Waals surface area contributed by atoms with Crippen LogP contribution in [0.1, 0.15) is 208 Å². The SMILES string of the molecule is Cc1c(C)c(Cc2cc(C(C)(C)C)c(O)c(C(C)(C)C)c2)c(Cc2cc(C(C)(C)C)c(O)c(C(C)(C)C)c2)c(C)c1Cc1cc(C(C)(C)C)c(O)c(C(C)(C)C)c1. The van der Waals surface area contributed by atoms with Gasteiger partial charge in [-0.2, -0.15) is 0 Å². The van der Waals surface area contributed by atoms with Gasteiger partial charge in [0, 0.05) is 0 Å². The molecule has 0 aliphatic carbocycles. The first-order valence-electron chi connectivity index (χ1n) is 21.3. The molecule has 0 saturated heterocycles. The summed E-state index contributed by atoms with van der Waals surface area (Å²) in [5, 5.41) is 34.9. The molecule has 0 radical (unpaired) electrons. The molecule has 3 nitrogen and oxygen atoms in total. The number of rotatable bonds is 6. The number of hydrogen-bond acceptors (Lipinski definition) is 3. The lowest BCUT2D eigenvalue weighted by Crippen LogP contribution is -2.19. The summed E-state index contributed by atoms with van der Waals surface area (Å²) in [5.41, 5.74) is 16.0. The minimum atomic E-state index is -0.237. The fraction of sp³-hybridized carbons (Fsp3) is 0.556. The van der Waals surface area contributed by atoms with E-state index in [9.17, 15) is 15.3 Å². The van der Waals surface area contributed by atoms with Gasteiger partial charge in [0.25, 0.3) is 0 Å². The summed E-state index contributed by atoms with van der Waals surface area (Å²) < 4.78 is 0. The van der Waals surface area contributed by atoms with Crippen molar-refractivity contribution in [3.05, 3.63) is 120 Å². The molecule has 0 aliphatic heterocycles. The molecular weight excluding hydrogens is 697 g/mol. The predicted molar refractivity (Wildman–Crippen MR) is 246 cm³/mol. The number of aromatic hydroxyl groups is 3. The Balaban J connectivity index is 2.10. The first-order chi connectivity index (χ1) is 25.5. The van der Waals surface area contributed by atoms with Gasteiger partial charge in [-0.1, -0.05) is 161 Å². The molecular formula is C54H78O3. The lowest BCUT2D eigenvalue weighted by atomic mass is 9.75. The summed E-state index contributed by atoms with van der Waals surface area (Å²) in [5.74, 6) is 1.22. The van der Waals surface area contributed by atoms with Crippen molar-refractivity contribution in [3.8, 4) is 17.2 Å². The van der Waals surface area contributed by atoms with E-state index in [2.05, 4.69) is 182 Å². The van der Waals surface area contributed by atoms with Gasteiger partial charge in [0.05, 0.1) is 0 Å². The lowest BCUT2D eigenvalue weighted by Gasteiger charge is -2.30. The van der Waals surface area contributed by atoms with Crippen molar-refractivity contribution >= 4 is 0 Å². The van der Waals surface area contributed by atoms with E-state index in [1.54, 1.807) is 0 Å². The van der Waals surface area contributed by atoms with Crippen LogP contribution in [-0.4, -0.2) is 15.3 Å². The van der Waals surface area contributed by atoms with Gasteiger partial charge in [0.15, 0.2) is 0 Å². The fourth-order valence-corrected chi connectivity index (χ4v) is 8.54. The van der Waals surface area contributed by atoms with Crippen molar-refractivity contribution in [2.75, 3.05) is 0 Å². The molecule has 4 aromatic rings. The van der Waals surface area contributed by atoms with E-state index in [0.29, 0.717) is 17.2 Å². The molecule has 0 aromatic heterocycles. The van der Waals surface area contributed by atoms with Crippen molar-refractivity contribution in [1.29, 1.82) is 0 Å². The molecule has 3 heteroatoms. The van der Waals surface area contributed by atoms with Crippen LogP contribution in [0, 0.1) is 20.8 Å². The third-order valence-electron chi connectivity index (χ3n) is 12.2. The topological polar surface area (TPSA) is 60.7 Å². The highest BCUT2D eigenvalue weighted by atomic mass is 16.3. The molecule has 0 saturated carbocycles.